The van der Waals surface area contributed by atoms with Gasteiger partial charge in [-0.05, 0) is 55.7 Å². The summed E-state index contributed by atoms with van der Waals surface area (Å²) in [5.74, 6) is 0.179. The molecule has 4 aromatic rings. The molecule has 134 valence electrons. The summed E-state index contributed by atoms with van der Waals surface area (Å²) in [5, 5.41) is 2.59. The molecular weight excluding hydrogens is 350 g/mol. The first-order valence-electron chi connectivity index (χ1n) is 9.27. The van der Waals surface area contributed by atoms with Crippen LogP contribution < -0.4 is 4.90 Å². The molecule has 0 fully saturated rings. The molecule has 0 saturated heterocycles. The van der Waals surface area contributed by atoms with E-state index in [1.165, 1.54) is 31.3 Å². The summed E-state index contributed by atoms with van der Waals surface area (Å²) in [6.07, 6.45) is 0.715. The fourth-order valence-electron chi connectivity index (χ4n) is 4.44. The van der Waals surface area contributed by atoms with Crippen molar-refractivity contribution in [2.45, 2.75) is 25.7 Å². The van der Waals surface area contributed by atoms with E-state index < -0.39 is 5.41 Å². The van der Waals surface area contributed by atoms with Crippen LogP contribution in [-0.2, 0) is 16.6 Å². The van der Waals surface area contributed by atoms with Crippen LogP contribution in [0.1, 0.15) is 23.6 Å². The van der Waals surface area contributed by atoms with Crippen molar-refractivity contribution in [2.75, 3.05) is 11.9 Å². The Labute approximate surface area is 163 Å². The van der Waals surface area contributed by atoms with Gasteiger partial charge in [0.05, 0.1) is 5.41 Å². The Hall–Kier alpha value is -2.65. The van der Waals surface area contributed by atoms with Gasteiger partial charge in [-0.1, -0.05) is 42.0 Å². The zero-order valence-electron chi connectivity index (χ0n) is 15.7. The molecule has 0 unspecified atom stereocenters. The quantitative estimate of drug-likeness (QED) is 0.433. The number of hydrogen-bond acceptors (Lipinski definition) is 2. The van der Waals surface area contributed by atoms with Gasteiger partial charge in [0.15, 0.2) is 0 Å². The number of anilines is 1. The van der Waals surface area contributed by atoms with Crippen LogP contribution in [0.2, 0.25) is 0 Å². The van der Waals surface area contributed by atoms with Crippen molar-refractivity contribution in [3.05, 3.63) is 77.4 Å². The molecule has 1 aliphatic heterocycles. The van der Waals surface area contributed by atoms with Crippen molar-refractivity contribution < 1.29 is 4.79 Å². The lowest BCUT2D eigenvalue weighted by atomic mass is 9.78. The maximum Gasteiger partial charge on any atom is 0.237 e. The Bertz CT molecular complexity index is 1220. The van der Waals surface area contributed by atoms with Gasteiger partial charge in [0.2, 0.25) is 5.91 Å². The topological polar surface area (TPSA) is 20.3 Å². The van der Waals surface area contributed by atoms with Crippen LogP contribution in [-0.4, -0.2) is 13.0 Å². The lowest BCUT2D eigenvalue weighted by molar-refractivity contribution is -0.122. The minimum Gasteiger partial charge on any atom is -0.314 e. The zero-order chi connectivity index (χ0) is 18.8. The van der Waals surface area contributed by atoms with Crippen molar-refractivity contribution in [3.63, 3.8) is 0 Å². The largest absolute Gasteiger partial charge is 0.314 e. The number of aryl methyl sites for hydroxylation is 1. The molecule has 0 saturated carbocycles. The second kappa shape index (κ2) is 5.67. The highest BCUT2D eigenvalue weighted by Gasteiger charge is 2.45. The lowest BCUT2D eigenvalue weighted by Gasteiger charge is -2.23. The molecule has 5 rings (SSSR count). The standard InChI is InChI=1S/C24H21NOS/c1-15-8-10-20-19(12-15)24(2,23(26)25(20)3)14-16-9-11-22-18(13-16)17-6-4-5-7-21(17)27-22/h4-13H,14H2,1-3H3/t24-/m1/s1. The molecule has 1 aromatic heterocycles. The molecule has 27 heavy (non-hydrogen) atoms. The minimum absolute atomic E-state index is 0.179. The molecule has 3 aromatic carbocycles. The molecule has 3 heteroatoms. The van der Waals surface area contributed by atoms with Crippen LogP contribution in [0.5, 0.6) is 0 Å². The molecular formula is C24H21NOS. The van der Waals surface area contributed by atoms with Gasteiger partial charge in [0.1, 0.15) is 0 Å². The van der Waals surface area contributed by atoms with Crippen LogP contribution in [0.4, 0.5) is 5.69 Å². The van der Waals surface area contributed by atoms with E-state index in [1.807, 2.05) is 23.3 Å². The summed E-state index contributed by atoms with van der Waals surface area (Å²) < 4.78 is 2.62. The second-order valence-electron chi connectivity index (χ2n) is 7.82. The predicted octanol–water partition coefficient (Wildman–Crippen LogP) is 5.84. The number of hydrogen-bond donors (Lipinski definition) is 0. The first kappa shape index (κ1) is 16.5. The van der Waals surface area contributed by atoms with Crippen LogP contribution >= 0.6 is 11.3 Å². The van der Waals surface area contributed by atoms with E-state index in [0.717, 1.165) is 11.3 Å². The second-order valence-corrected chi connectivity index (χ2v) is 8.91. The SMILES string of the molecule is Cc1ccc2c(c1)[C@@](C)(Cc1ccc3sc4ccccc4c3c1)C(=O)N2C. The summed E-state index contributed by atoms with van der Waals surface area (Å²) in [6, 6.07) is 21.5. The van der Waals surface area contributed by atoms with E-state index >= 15 is 0 Å². The van der Waals surface area contributed by atoms with Gasteiger partial charge in [0, 0.05) is 32.9 Å². The van der Waals surface area contributed by atoms with Crippen molar-refractivity contribution >= 4 is 43.1 Å². The van der Waals surface area contributed by atoms with E-state index in [9.17, 15) is 4.79 Å². The molecule has 2 heterocycles. The van der Waals surface area contributed by atoms with Gasteiger partial charge in [0.25, 0.3) is 0 Å². The van der Waals surface area contributed by atoms with Gasteiger partial charge < -0.3 is 4.90 Å². The Kier molecular flexibility index (Phi) is 3.47. The highest BCUT2D eigenvalue weighted by atomic mass is 32.1. The third-order valence-electron chi connectivity index (χ3n) is 5.88. The van der Waals surface area contributed by atoms with E-state index in [4.69, 9.17) is 0 Å². The maximum absolute atomic E-state index is 13.2. The Morgan fingerprint density at radius 2 is 1.74 bits per heavy atom. The molecule has 0 aliphatic carbocycles. The Balaban J connectivity index is 1.63. The first-order valence-corrected chi connectivity index (χ1v) is 10.1. The van der Waals surface area contributed by atoms with Crippen molar-refractivity contribution in [1.29, 1.82) is 0 Å². The molecule has 2 nitrogen and oxygen atoms in total. The zero-order valence-corrected chi connectivity index (χ0v) is 16.6. The maximum atomic E-state index is 13.2. The van der Waals surface area contributed by atoms with Crippen LogP contribution in [0.3, 0.4) is 0 Å². The predicted molar refractivity (Wildman–Crippen MR) is 115 cm³/mol. The molecule has 1 amide bonds. The van der Waals surface area contributed by atoms with Crippen LogP contribution in [0.25, 0.3) is 20.2 Å². The molecule has 0 radical (unpaired) electrons. The molecule has 0 N–H and O–H groups in total. The van der Waals surface area contributed by atoms with E-state index in [0.29, 0.717) is 6.42 Å². The highest BCUT2D eigenvalue weighted by Crippen LogP contribution is 2.44. The highest BCUT2D eigenvalue weighted by molar-refractivity contribution is 7.25. The number of benzene rings is 3. The van der Waals surface area contributed by atoms with Gasteiger partial charge in [-0.25, -0.2) is 0 Å². The molecule has 1 aliphatic rings. The number of fused-ring (bicyclic) bond motifs is 4. The average Bonchev–Trinajstić information content (AvgIpc) is 3.12. The van der Waals surface area contributed by atoms with Gasteiger partial charge in [-0.3, -0.25) is 4.79 Å². The van der Waals surface area contributed by atoms with E-state index in [1.54, 1.807) is 0 Å². The summed E-state index contributed by atoms with van der Waals surface area (Å²) in [5.41, 5.74) is 4.07. The molecule has 0 bridgehead atoms. The van der Waals surface area contributed by atoms with Gasteiger partial charge >= 0.3 is 0 Å². The summed E-state index contributed by atoms with van der Waals surface area (Å²) in [6.45, 7) is 4.18. The van der Waals surface area contributed by atoms with E-state index in [-0.39, 0.29) is 5.91 Å². The van der Waals surface area contributed by atoms with Crippen LogP contribution in [0, 0.1) is 6.92 Å². The normalized spacial score (nSPS) is 19.2. The van der Waals surface area contributed by atoms with E-state index in [2.05, 4.69) is 74.5 Å². The summed E-state index contributed by atoms with van der Waals surface area (Å²) in [4.78, 5) is 15.0. The smallest absolute Gasteiger partial charge is 0.237 e. The van der Waals surface area contributed by atoms with Gasteiger partial charge in [-0.15, -0.1) is 11.3 Å². The van der Waals surface area contributed by atoms with Crippen molar-refractivity contribution in [1.82, 2.24) is 0 Å². The molecule has 1 atom stereocenters. The monoisotopic (exact) mass is 371 g/mol. The third-order valence-corrected chi connectivity index (χ3v) is 7.04. The Morgan fingerprint density at radius 3 is 2.59 bits per heavy atom. The number of thiophene rings is 1. The number of carbonyl (C=O) groups is 1. The van der Waals surface area contributed by atoms with Crippen molar-refractivity contribution in [3.8, 4) is 0 Å². The third kappa shape index (κ3) is 2.35. The lowest BCUT2D eigenvalue weighted by Crippen LogP contribution is -2.37. The van der Waals surface area contributed by atoms with Gasteiger partial charge in [-0.2, -0.15) is 0 Å². The summed E-state index contributed by atoms with van der Waals surface area (Å²) in [7, 11) is 1.89. The minimum atomic E-state index is -0.518. The Morgan fingerprint density at radius 1 is 0.963 bits per heavy atom. The number of amides is 1. The van der Waals surface area contributed by atoms with Crippen molar-refractivity contribution in [2.24, 2.45) is 0 Å². The number of nitrogens with zero attached hydrogens (tertiary/aromatic N) is 1. The fourth-order valence-corrected chi connectivity index (χ4v) is 5.53. The fraction of sp³-hybridized carbons (Fsp3) is 0.208. The number of rotatable bonds is 2. The summed E-state index contributed by atoms with van der Waals surface area (Å²) >= 11 is 1.83. The molecule has 0 spiro atoms. The van der Waals surface area contributed by atoms with Crippen LogP contribution in [0.15, 0.2) is 60.7 Å². The average molecular weight is 372 g/mol. The number of likely N-dealkylation sites (N-methyl/N-ethyl adjacent to an activating group) is 1. The first-order chi connectivity index (χ1) is 13.0. The number of carbonyl (C=O) groups excluding carboxylic acids is 1.